The molecule has 0 N–H and O–H groups in total. The molecule has 0 spiro atoms. The van der Waals surface area contributed by atoms with Gasteiger partial charge in [0.1, 0.15) is 0 Å². The number of hydrogen-bond acceptors (Lipinski definition) is 4. The summed E-state index contributed by atoms with van der Waals surface area (Å²) < 4.78 is 1.76. The highest BCUT2D eigenvalue weighted by Crippen LogP contribution is 2.40. The Labute approximate surface area is 135 Å². The van der Waals surface area contributed by atoms with E-state index in [0.717, 1.165) is 19.4 Å². The lowest BCUT2D eigenvalue weighted by Crippen LogP contribution is -2.33. The second-order valence-electron chi connectivity index (χ2n) is 6.23. The molecule has 0 aliphatic carbocycles. The van der Waals surface area contributed by atoms with Crippen LogP contribution < -0.4 is 4.90 Å². The van der Waals surface area contributed by atoms with E-state index in [4.69, 9.17) is 0 Å². The van der Waals surface area contributed by atoms with E-state index in [0.29, 0.717) is 11.7 Å². The molecule has 2 atom stereocenters. The molecule has 23 heavy (non-hydrogen) atoms. The van der Waals surface area contributed by atoms with Crippen molar-refractivity contribution >= 4 is 11.6 Å². The fourth-order valence-corrected chi connectivity index (χ4v) is 3.70. The first-order valence-electron chi connectivity index (χ1n) is 8.01. The summed E-state index contributed by atoms with van der Waals surface area (Å²) in [6.07, 6.45) is 3.48. The monoisotopic (exact) mass is 314 g/mol. The predicted octanol–water partition coefficient (Wildman–Crippen LogP) is 3.41. The lowest BCUT2D eigenvalue weighted by molar-refractivity contribution is -0.388. The van der Waals surface area contributed by atoms with Crippen molar-refractivity contribution in [2.45, 2.75) is 38.6 Å². The van der Waals surface area contributed by atoms with Gasteiger partial charge in [-0.2, -0.15) is 0 Å². The Morgan fingerprint density at radius 3 is 2.65 bits per heavy atom. The summed E-state index contributed by atoms with van der Waals surface area (Å²) in [5, 5.41) is 11.3. The van der Waals surface area contributed by atoms with Crippen LogP contribution in [0.4, 0.5) is 11.6 Å². The third kappa shape index (κ3) is 2.69. The summed E-state index contributed by atoms with van der Waals surface area (Å²) in [4.78, 5) is 17.0. The third-order valence-electron chi connectivity index (χ3n) is 4.80. The van der Waals surface area contributed by atoms with Crippen LogP contribution in [0, 0.1) is 17.0 Å². The van der Waals surface area contributed by atoms with Crippen molar-refractivity contribution in [1.29, 1.82) is 0 Å². The molecule has 1 aromatic carbocycles. The first kappa shape index (κ1) is 15.5. The molecule has 122 valence electrons. The summed E-state index contributed by atoms with van der Waals surface area (Å²) in [5.74, 6) is 0.974. The quantitative estimate of drug-likeness (QED) is 0.641. The second kappa shape index (κ2) is 6.02. The number of imidazole rings is 1. The van der Waals surface area contributed by atoms with Gasteiger partial charge in [-0.3, -0.25) is 4.57 Å². The number of anilines is 1. The Kier molecular flexibility index (Phi) is 4.07. The fraction of sp³-hybridized carbons (Fsp3) is 0.471. The number of nitro groups is 1. The number of nitrogens with zero attached hydrogens (tertiary/aromatic N) is 4. The van der Waals surface area contributed by atoms with Gasteiger partial charge in [-0.25, -0.2) is 0 Å². The highest BCUT2D eigenvalue weighted by Gasteiger charge is 2.39. The molecular formula is C17H22N4O2. The molecule has 1 aliphatic rings. The third-order valence-corrected chi connectivity index (χ3v) is 4.80. The van der Waals surface area contributed by atoms with Gasteiger partial charge in [-0.15, -0.1) is 0 Å². The topological polar surface area (TPSA) is 64.2 Å². The zero-order valence-corrected chi connectivity index (χ0v) is 13.8. The van der Waals surface area contributed by atoms with Gasteiger partial charge in [-0.05, 0) is 35.2 Å². The second-order valence-corrected chi connectivity index (χ2v) is 6.23. The smallest absolute Gasteiger partial charge is 0.358 e. The largest absolute Gasteiger partial charge is 0.406 e. The van der Waals surface area contributed by atoms with E-state index in [-0.39, 0.29) is 16.8 Å². The summed E-state index contributed by atoms with van der Waals surface area (Å²) in [7, 11) is 1.82. The van der Waals surface area contributed by atoms with Crippen LogP contribution >= 0.6 is 0 Å². The van der Waals surface area contributed by atoms with E-state index in [9.17, 15) is 10.1 Å². The van der Waals surface area contributed by atoms with E-state index in [2.05, 4.69) is 48.0 Å². The molecule has 1 fully saturated rings. The Hall–Kier alpha value is -2.37. The Balaban J connectivity index is 1.95. The van der Waals surface area contributed by atoms with Gasteiger partial charge in [0.2, 0.25) is 12.1 Å². The minimum atomic E-state index is -0.388. The van der Waals surface area contributed by atoms with Crippen molar-refractivity contribution < 1.29 is 4.92 Å². The Morgan fingerprint density at radius 1 is 1.35 bits per heavy atom. The molecule has 2 aromatic rings. The van der Waals surface area contributed by atoms with Gasteiger partial charge in [-0.1, -0.05) is 36.8 Å². The minimum absolute atomic E-state index is 0.0458. The first-order chi connectivity index (χ1) is 11.0. The van der Waals surface area contributed by atoms with E-state index >= 15 is 0 Å². The molecule has 0 unspecified atom stereocenters. The maximum atomic E-state index is 11.3. The zero-order chi connectivity index (χ0) is 16.6. The molecule has 0 saturated carbocycles. The maximum Gasteiger partial charge on any atom is 0.406 e. The summed E-state index contributed by atoms with van der Waals surface area (Å²) in [5.41, 5.74) is 2.56. The van der Waals surface area contributed by atoms with Gasteiger partial charge in [0, 0.05) is 25.6 Å². The average Bonchev–Trinajstić information content (AvgIpc) is 3.10. The fourth-order valence-electron chi connectivity index (χ4n) is 3.70. The van der Waals surface area contributed by atoms with Crippen molar-refractivity contribution in [3.05, 3.63) is 51.8 Å². The highest BCUT2D eigenvalue weighted by molar-refractivity contribution is 5.57. The van der Waals surface area contributed by atoms with Gasteiger partial charge in [0.25, 0.3) is 0 Å². The predicted molar refractivity (Wildman–Crippen MR) is 89.8 cm³/mol. The van der Waals surface area contributed by atoms with Crippen molar-refractivity contribution in [2.75, 3.05) is 11.4 Å². The Morgan fingerprint density at radius 2 is 2.04 bits per heavy atom. The number of rotatable bonds is 4. The highest BCUT2D eigenvalue weighted by atomic mass is 16.6. The van der Waals surface area contributed by atoms with Crippen LogP contribution in [0.1, 0.15) is 36.8 Å². The van der Waals surface area contributed by atoms with Crippen LogP contribution in [0.3, 0.4) is 0 Å². The molecule has 1 aliphatic heterocycles. The molecule has 6 heteroatoms. The number of benzene rings is 1. The lowest BCUT2D eigenvalue weighted by Gasteiger charge is -2.28. The molecule has 1 aromatic heterocycles. The zero-order valence-electron chi connectivity index (χ0n) is 13.8. The van der Waals surface area contributed by atoms with Gasteiger partial charge in [0.05, 0.1) is 0 Å². The van der Waals surface area contributed by atoms with Crippen molar-refractivity contribution in [3.8, 4) is 0 Å². The molecular weight excluding hydrogens is 292 g/mol. The van der Waals surface area contributed by atoms with Gasteiger partial charge in [0.15, 0.2) is 0 Å². The standard InChI is InChI=1S/C17H22N4O2/c1-4-15-14(13-7-5-12(2)6-8-13)9-10-20(15)17-16(21(22)23)18-11-19(17)3/h5-8,11,14-15H,4,9-10H2,1-3H3/t14-,15+/m0/s1. The van der Waals surface area contributed by atoms with Gasteiger partial charge < -0.3 is 15.0 Å². The summed E-state index contributed by atoms with van der Waals surface area (Å²) in [6, 6.07) is 8.90. The molecule has 0 bridgehead atoms. The van der Waals surface area contributed by atoms with Gasteiger partial charge >= 0.3 is 5.82 Å². The molecule has 0 amide bonds. The van der Waals surface area contributed by atoms with Crippen molar-refractivity contribution in [3.63, 3.8) is 0 Å². The number of aryl methyl sites for hydroxylation is 2. The SMILES string of the molecule is CC[C@@H]1[C@H](c2ccc(C)cc2)CCN1c1c([N+](=O)[O-])ncn1C. The molecule has 1 saturated heterocycles. The first-order valence-corrected chi connectivity index (χ1v) is 8.01. The average molecular weight is 314 g/mol. The minimum Gasteiger partial charge on any atom is -0.358 e. The van der Waals surface area contributed by atoms with E-state index < -0.39 is 0 Å². The molecule has 2 heterocycles. The lowest BCUT2D eigenvalue weighted by atomic mass is 9.90. The maximum absolute atomic E-state index is 11.3. The van der Waals surface area contributed by atoms with E-state index in [1.807, 2.05) is 7.05 Å². The van der Waals surface area contributed by atoms with Crippen molar-refractivity contribution in [2.24, 2.45) is 7.05 Å². The molecule has 6 nitrogen and oxygen atoms in total. The van der Waals surface area contributed by atoms with Crippen LogP contribution in [0.25, 0.3) is 0 Å². The van der Waals surface area contributed by atoms with Crippen LogP contribution in [-0.4, -0.2) is 27.1 Å². The summed E-state index contributed by atoms with van der Waals surface area (Å²) >= 11 is 0. The van der Waals surface area contributed by atoms with E-state index in [1.54, 1.807) is 4.57 Å². The summed E-state index contributed by atoms with van der Waals surface area (Å²) in [6.45, 7) is 5.05. The molecule has 3 rings (SSSR count). The van der Waals surface area contributed by atoms with Crippen LogP contribution in [-0.2, 0) is 7.05 Å². The van der Waals surface area contributed by atoms with E-state index in [1.165, 1.54) is 17.5 Å². The normalized spacial score (nSPS) is 20.9. The van der Waals surface area contributed by atoms with Crippen molar-refractivity contribution in [1.82, 2.24) is 9.55 Å². The Bertz CT molecular complexity index is 708. The number of aromatic nitrogens is 2. The number of hydrogen-bond donors (Lipinski definition) is 0. The molecule has 0 radical (unpaired) electrons. The van der Waals surface area contributed by atoms with Crippen LogP contribution in [0.2, 0.25) is 0 Å². The van der Waals surface area contributed by atoms with Crippen LogP contribution in [0.5, 0.6) is 0 Å². The van der Waals surface area contributed by atoms with Crippen LogP contribution in [0.15, 0.2) is 30.6 Å².